The Balaban J connectivity index is 2.43. The molecule has 132 valence electrons. The van der Waals surface area contributed by atoms with Crippen LogP contribution in [0.4, 0.5) is 0 Å². The van der Waals surface area contributed by atoms with Crippen molar-refractivity contribution in [1.29, 1.82) is 0 Å². The second-order valence-corrected chi connectivity index (χ2v) is 7.38. The number of aryl methyl sites for hydroxylation is 1. The third-order valence-electron chi connectivity index (χ3n) is 3.31. The van der Waals surface area contributed by atoms with Crippen LogP contribution in [0.5, 0.6) is 5.75 Å². The molecule has 0 amide bonds. The number of rotatable bonds is 6. The zero-order chi connectivity index (χ0) is 18.8. The molecule has 0 aliphatic heterocycles. The van der Waals surface area contributed by atoms with Crippen LogP contribution in [0.1, 0.15) is 26.3 Å². The Hall–Kier alpha value is -2.52. The maximum Gasteiger partial charge on any atom is 0.339 e. The van der Waals surface area contributed by atoms with Crippen LogP contribution in [0.2, 0.25) is 0 Å². The molecule has 0 fully saturated rings. The summed E-state index contributed by atoms with van der Waals surface area (Å²) in [4.78, 5) is 22.7. The molecule has 2 rings (SSSR count). The van der Waals surface area contributed by atoms with Gasteiger partial charge in [-0.3, -0.25) is 0 Å². The first kappa shape index (κ1) is 18.8. The van der Waals surface area contributed by atoms with Crippen molar-refractivity contribution in [1.82, 2.24) is 0 Å². The Labute approximate surface area is 148 Å². The first-order valence-electron chi connectivity index (χ1n) is 6.85. The molecule has 9 heteroatoms. The molecule has 2 aromatic carbocycles. The van der Waals surface area contributed by atoms with Gasteiger partial charge in [0, 0.05) is 4.90 Å². The Morgan fingerprint density at radius 2 is 1.64 bits per heavy atom. The zero-order valence-electron chi connectivity index (χ0n) is 13.2. The van der Waals surface area contributed by atoms with Crippen LogP contribution in [0.15, 0.2) is 46.2 Å². The van der Waals surface area contributed by atoms with Gasteiger partial charge >= 0.3 is 22.1 Å². The fraction of sp³-hybridized carbons (Fsp3) is 0.125. The molecule has 0 radical (unpaired) electrons. The number of aromatic carboxylic acids is 2. The van der Waals surface area contributed by atoms with E-state index in [2.05, 4.69) is 0 Å². The van der Waals surface area contributed by atoms with Crippen LogP contribution in [-0.2, 0) is 10.1 Å². The van der Waals surface area contributed by atoms with Gasteiger partial charge in [-0.15, -0.1) is 11.8 Å². The second kappa shape index (κ2) is 7.16. The lowest BCUT2D eigenvalue weighted by Gasteiger charge is -2.10. The molecule has 0 heterocycles. The fourth-order valence-corrected chi connectivity index (χ4v) is 3.66. The molecule has 0 aliphatic rings. The van der Waals surface area contributed by atoms with Crippen molar-refractivity contribution in [3.63, 3.8) is 0 Å². The molecule has 0 aromatic heterocycles. The summed E-state index contributed by atoms with van der Waals surface area (Å²) < 4.78 is 29.7. The van der Waals surface area contributed by atoms with Crippen LogP contribution >= 0.6 is 11.8 Å². The van der Waals surface area contributed by atoms with Gasteiger partial charge in [0.15, 0.2) is 0 Å². The van der Waals surface area contributed by atoms with E-state index in [4.69, 9.17) is 14.4 Å². The van der Waals surface area contributed by atoms with Gasteiger partial charge < -0.3 is 14.4 Å². The molecule has 0 spiro atoms. The molecule has 0 atom stereocenters. The van der Waals surface area contributed by atoms with Crippen molar-refractivity contribution in [2.24, 2.45) is 0 Å². The van der Waals surface area contributed by atoms with Gasteiger partial charge in [0.1, 0.15) is 10.6 Å². The number of carbonyl (C=O) groups is 2. The van der Waals surface area contributed by atoms with E-state index < -0.39 is 38.1 Å². The normalized spacial score (nSPS) is 11.1. The molecule has 0 bridgehead atoms. The Morgan fingerprint density at radius 3 is 2.16 bits per heavy atom. The molecular formula is C16H14O7S2. The number of thioether (sulfide) groups is 1. The van der Waals surface area contributed by atoms with Crippen LogP contribution in [-0.4, -0.2) is 36.8 Å². The minimum atomic E-state index is -4.31. The van der Waals surface area contributed by atoms with Crippen molar-refractivity contribution in [2.75, 3.05) is 6.26 Å². The smallest absolute Gasteiger partial charge is 0.339 e. The number of benzene rings is 2. The van der Waals surface area contributed by atoms with Crippen molar-refractivity contribution in [2.45, 2.75) is 16.7 Å². The minimum absolute atomic E-state index is 0.0782. The highest BCUT2D eigenvalue weighted by Gasteiger charge is 2.23. The molecule has 0 saturated heterocycles. The Morgan fingerprint density at radius 1 is 1.00 bits per heavy atom. The lowest BCUT2D eigenvalue weighted by molar-refractivity contribution is 0.0651. The molecule has 0 unspecified atom stereocenters. The van der Waals surface area contributed by atoms with Crippen LogP contribution in [0.25, 0.3) is 0 Å². The molecule has 7 nitrogen and oxygen atoms in total. The average Bonchev–Trinajstić information content (AvgIpc) is 2.54. The van der Waals surface area contributed by atoms with E-state index in [1.165, 1.54) is 17.8 Å². The summed E-state index contributed by atoms with van der Waals surface area (Å²) in [6.07, 6.45) is 1.89. The lowest BCUT2D eigenvalue weighted by Crippen LogP contribution is -2.14. The van der Waals surface area contributed by atoms with Gasteiger partial charge in [-0.1, -0.05) is 0 Å². The van der Waals surface area contributed by atoms with E-state index in [0.717, 1.165) is 28.7 Å². The predicted octanol–water partition coefficient (Wildman–Crippen LogP) is 2.88. The third kappa shape index (κ3) is 4.12. The highest BCUT2D eigenvalue weighted by Crippen LogP contribution is 2.27. The third-order valence-corrected chi connectivity index (χ3v) is 5.45. The minimum Gasteiger partial charge on any atom is -0.478 e. The Bertz CT molecular complexity index is 949. The number of carboxylic acid groups (broad SMARTS) is 2. The molecule has 0 aliphatic carbocycles. The van der Waals surface area contributed by atoms with E-state index in [-0.39, 0.29) is 5.75 Å². The Kier molecular flexibility index (Phi) is 5.39. The molecule has 25 heavy (non-hydrogen) atoms. The summed E-state index contributed by atoms with van der Waals surface area (Å²) in [7, 11) is -4.31. The highest BCUT2D eigenvalue weighted by atomic mass is 32.2. The first-order chi connectivity index (χ1) is 11.7. The van der Waals surface area contributed by atoms with Gasteiger partial charge in [0.2, 0.25) is 0 Å². The summed E-state index contributed by atoms with van der Waals surface area (Å²) in [6.45, 7) is 1.80. The fourth-order valence-electron chi connectivity index (χ4n) is 2.12. The van der Waals surface area contributed by atoms with Crippen molar-refractivity contribution >= 4 is 33.8 Å². The van der Waals surface area contributed by atoms with Gasteiger partial charge in [-0.05, 0) is 55.1 Å². The van der Waals surface area contributed by atoms with Crippen LogP contribution in [0, 0.1) is 6.92 Å². The lowest BCUT2D eigenvalue weighted by atomic mass is 10.1. The van der Waals surface area contributed by atoms with Crippen LogP contribution in [0.3, 0.4) is 0 Å². The van der Waals surface area contributed by atoms with Crippen LogP contribution < -0.4 is 4.18 Å². The average molecular weight is 382 g/mol. The van der Waals surface area contributed by atoms with E-state index in [0.29, 0.717) is 0 Å². The number of carboxylic acids is 2. The molecular weight excluding hydrogens is 368 g/mol. The highest BCUT2D eigenvalue weighted by molar-refractivity contribution is 7.98. The monoisotopic (exact) mass is 382 g/mol. The zero-order valence-corrected chi connectivity index (χ0v) is 14.8. The summed E-state index contributed by atoms with van der Waals surface area (Å²) in [5.41, 5.74) is -0.314. The maximum atomic E-state index is 12.4. The molecule has 2 N–H and O–H groups in total. The van der Waals surface area contributed by atoms with Crippen molar-refractivity contribution in [3.05, 3.63) is 53.1 Å². The second-order valence-electron chi connectivity index (χ2n) is 4.99. The summed E-state index contributed by atoms with van der Waals surface area (Å²) in [5, 5.41) is 18.1. The SMILES string of the molecule is CSc1ccc(OS(=O)(=O)c2ccc(C(=O)O)c(C(=O)O)c2)cc1C. The van der Waals surface area contributed by atoms with Gasteiger partial charge in [-0.2, -0.15) is 8.42 Å². The van der Waals surface area contributed by atoms with Gasteiger partial charge in [-0.25, -0.2) is 9.59 Å². The van der Waals surface area contributed by atoms with Crippen molar-refractivity contribution in [3.8, 4) is 5.75 Å². The quantitative estimate of drug-likeness (QED) is 0.578. The standard InChI is InChI=1S/C16H14O7S2/c1-9-7-10(3-6-14(9)24-2)23-25(21,22)11-4-5-12(15(17)18)13(8-11)16(19)20/h3-8H,1-2H3,(H,17,18)(H,19,20). The van der Waals surface area contributed by atoms with E-state index in [1.54, 1.807) is 19.1 Å². The summed E-state index contributed by atoms with van der Waals surface area (Å²) >= 11 is 1.50. The topological polar surface area (TPSA) is 118 Å². The predicted molar refractivity (Wildman–Crippen MR) is 91.1 cm³/mol. The maximum absolute atomic E-state index is 12.4. The summed E-state index contributed by atoms with van der Waals surface area (Å²) in [6, 6.07) is 7.43. The van der Waals surface area contributed by atoms with E-state index in [1.807, 2.05) is 6.26 Å². The van der Waals surface area contributed by atoms with Crippen molar-refractivity contribution < 1.29 is 32.4 Å². The van der Waals surface area contributed by atoms with E-state index in [9.17, 15) is 18.0 Å². The van der Waals surface area contributed by atoms with Gasteiger partial charge in [0.25, 0.3) is 0 Å². The number of hydrogen-bond donors (Lipinski definition) is 2. The summed E-state index contributed by atoms with van der Waals surface area (Å²) in [5.74, 6) is -2.94. The molecule has 2 aromatic rings. The number of hydrogen-bond acceptors (Lipinski definition) is 6. The largest absolute Gasteiger partial charge is 0.478 e. The van der Waals surface area contributed by atoms with E-state index >= 15 is 0 Å². The van der Waals surface area contributed by atoms with Gasteiger partial charge in [0.05, 0.1) is 11.1 Å². The first-order valence-corrected chi connectivity index (χ1v) is 9.49. The molecule has 0 saturated carbocycles.